The molecule has 11 heteroatoms. The lowest BCUT2D eigenvalue weighted by atomic mass is 10.2. The first-order chi connectivity index (χ1) is 14.3. The van der Waals surface area contributed by atoms with Crippen LogP contribution in [0.25, 0.3) is 10.6 Å². The van der Waals surface area contributed by atoms with Gasteiger partial charge in [-0.2, -0.15) is 0 Å². The van der Waals surface area contributed by atoms with E-state index in [1.54, 1.807) is 17.5 Å². The molecule has 3 rings (SSSR count). The summed E-state index contributed by atoms with van der Waals surface area (Å²) in [6.45, 7) is 0. The number of sulfonamides is 1. The Bertz CT molecular complexity index is 1160. The van der Waals surface area contributed by atoms with Gasteiger partial charge in [0.1, 0.15) is 10.8 Å². The third-order valence-electron chi connectivity index (χ3n) is 4.00. The van der Waals surface area contributed by atoms with E-state index in [1.807, 2.05) is 0 Å². The summed E-state index contributed by atoms with van der Waals surface area (Å²) in [4.78, 5) is 28.5. The van der Waals surface area contributed by atoms with Gasteiger partial charge < -0.3 is 0 Å². The van der Waals surface area contributed by atoms with Gasteiger partial charge in [-0.3, -0.25) is 20.4 Å². The van der Waals surface area contributed by atoms with Crippen LogP contribution in [-0.4, -0.2) is 32.3 Å². The van der Waals surface area contributed by atoms with Crippen LogP contribution < -0.4 is 15.6 Å². The number of halogens is 1. The summed E-state index contributed by atoms with van der Waals surface area (Å²) in [5.41, 5.74) is 5.98. The Morgan fingerprint density at radius 2 is 1.70 bits per heavy atom. The number of aromatic nitrogens is 1. The molecule has 0 atom stereocenters. The number of nitrogens with one attached hydrogen (secondary N) is 3. The average molecular weight is 449 g/mol. The molecule has 2 amide bonds. The molecule has 0 aliphatic heterocycles. The van der Waals surface area contributed by atoms with Gasteiger partial charge in [0.2, 0.25) is 15.9 Å². The number of hydrogen-bond acceptors (Lipinski definition) is 6. The molecule has 1 aromatic heterocycles. The highest BCUT2D eigenvalue weighted by molar-refractivity contribution is 7.89. The average Bonchev–Trinajstić information content (AvgIpc) is 3.21. The van der Waals surface area contributed by atoms with Gasteiger partial charge in [0.15, 0.2) is 0 Å². The van der Waals surface area contributed by atoms with Crippen LogP contribution >= 0.6 is 11.3 Å². The van der Waals surface area contributed by atoms with E-state index < -0.39 is 21.8 Å². The van der Waals surface area contributed by atoms with E-state index in [4.69, 9.17) is 0 Å². The lowest BCUT2D eigenvalue weighted by molar-refractivity contribution is -0.121. The lowest BCUT2D eigenvalue weighted by Crippen LogP contribution is -2.42. The van der Waals surface area contributed by atoms with Gasteiger partial charge in [0.25, 0.3) is 5.91 Å². The number of rotatable bonds is 6. The van der Waals surface area contributed by atoms with Crippen LogP contribution in [0.3, 0.4) is 0 Å². The van der Waals surface area contributed by atoms with Crippen molar-refractivity contribution < 1.29 is 22.4 Å². The number of thiazole rings is 1. The van der Waals surface area contributed by atoms with Crippen LogP contribution in [0.4, 0.5) is 4.39 Å². The summed E-state index contributed by atoms with van der Waals surface area (Å²) < 4.78 is 38.6. The van der Waals surface area contributed by atoms with Gasteiger partial charge in [0.05, 0.1) is 17.0 Å². The predicted molar refractivity (Wildman–Crippen MR) is 110 cm³/mol. The van der Waals surface area contributed by atoms with Crippen molar-refractivity contribution in [2.75, 3.05) is 7.05 Å². The Morgan fingerprint density at radius 1 is 1.03 bits per heavy atom. The number of hydrogen-bond donors (Lipinski definition) is 3. The Morgan fingerprint density at radius 3 is 2.33 bits per heavy atom. The predicted octanol–water partition coefficient (Wildman–Crippen LogP) is 1.86. The van der Waals surface area contributed by atoms with E-state index in [2.05, 4.69) is 20.6 Å². The van der Waals surface area contributed by atoms with Crippen molar-refractivity contribution in [3.05, 3.63) is 71.0 Å². The van der Waals surface area contributed by atoms with Gasteiger partial charge >= 0.3 is 0 Å². The summed E-state index contributed by atoms with van der Waals surface area (Å²) in [5.74, 6) is -1.42. The molecule has 3 N–H and O–H groups in total. The maximum absolute atomic E-state index is 13.0. The van der Waals surface area contributed by atoms with Crippen LogP contribution in [0.15, 0.2) is 58.8 Å². The highest BCUT2D eigenvalue weighted by Crippen LogP contribution is 2.24. The van der Waals surface area contributed by atoms with E-state index in [0.29, 0.717) is 10.7 Å². The molecule has 0 saturated carbocycles. The molecule has 1 heterocycles. The van der Waals surface area contributed by atoms with Gasteiger partial charge in [-0.25, -0.2) is 22.5 Å². The molecule has 2 aromatic carbocycles. The molecule has 30 heavy (non-hydrogen) atoms. The number of benzene rings is 2. The van der Waals surface area contributed by atoms with Crippen LogP contribution in [0.2, 0.25) is 0 Å². The molecule has 0 unspecified atom stereocenters. The monoisotopic (exact) mass is 448 g/mol. The third-order valence-corrected chi connectivity index (χ3v) is 6.37. The fourth-order valence-electron chi connectivity index (χ4n) is 2.42. The van der Waals surface area contributed by atoms with Gasteiger partial charge in [-0.1, -0.05) is 0 Å². The Balaban J connectivity index is 1.54. The van der Waals surface area contributed by atoms with Gasteiger partial charge in [-0.15, -0.1) is 11.3 Å². The largest absolute Gasteiger partial charge is 0.273 e. The third kappa shape index (κ3) is 5.26. The smallest absolute Gasteiger partial charge is 0.269 e. The molecule has 8 nitrogen and oxygen atoms in total. The van der Waals surface area contributed by atoms with Crippen molar-refractivity contribution in [3.8, 4) is 10.6 Å². The highest BCUT2D eigenvalue weighted by atomic mass is 32.2. The first kappa shape index (κ1) is 21.6. The van der Waals surface area contributed by atoms with E-state index in [-0.39, 0.29) is 22.7 Å². The summed E-state index contributed by atoms with van der Waals surface area (Å²) in [6, 6.07) is 11.1. The Hall–Kier alpha value is -3.15. The van der Waals surface area contributed by atoms with Crippen molar-refractivity contribution in [1.82, 2.24) is 20.6 Å². The van der Waals surface area contributed by atoms with Gasteiger partial charge in [-0.05, 0) is 55.6 Å². The molecule has 0 bridgehead atoms. The number of carbonyl (C=O) groups is 2. The maximum Gasteiger partial charge on any atom is 0.269 e. The molecule has 0 radical (unpaired) electrons. The number of carbonyl (C=O) groups excluding carboxylic acids is 2. The Labute approximate surface area is 176 Å². The first-order valence-electron chi connectivity index (χ1n) is 8.61. The Kier molecular flexibility index (Phi) is 6.55. The first-order valence-corrected chi connectivity index (χ1v) is 11.0. The minimum absolute atomic E-state index is 0.0195. The molecular weight excluding hydrogens is 431 g/mol. The topological polar surface area (TPSA) is 117 Å². The zero-order valence-corrected chi connectivity index (χ0v) is 17.3. The second-order valence-electron chi connectivity index (χ2n) is 6.06. The van der Waals surface area contributed by atoms with Crippen LogP contribution in [-0.2, 0) is 21.2 Å². The summed E-state index contributed by atoms with van der Waals surface area (Å²) in [6.07, 6.45) is -0.0582. The van der Waals surface area contributed by atoms with Crippen molar-refractivity contribution in [2.24, 2.45) is 0 Å². The molecule has 156 valence electrons. The van der Waals surface area contributed by atoms with Crippen LogP contribution in [0, 0.1) is 5.82 Å². The fourth-order valence-corrected chi connectivity index (χ4v) is 3.98. The quantitative estimate of drug-likeness (QED) is 0.498. The minimum atomic E-state index is -3.60. The lowest BCUT2D eigenvalue weighted by Gasteiger charge is -2.07. The highest BCUT2D eigenvalue weighted by Gasteiger charge is 2.14. The molecule has 0 aliphatic rings. The number of amides is 2. The molecule has 0 saturated heterocycles. The van der Waals surface area contributed by atoms with Crippen molar-refractivity contribution >= 4 is 33.2 Å². The maximum atomic E-state index is 13.0. The fraction of sp³-hybridized carbons (Fsp3) is 0.105. The molecule has 0 spiro atoms. The SMILES string of the molecule is CNS(=O)(=O)c1ccc(C(=O)NNC(=O)Cc2csc(-c3ccc(F)cc3)n2)cc1. The molecule has 0 aliphatic carbocycles. The zero-order valence-electron chi connectivity index (χ0n) is 15.7. The van der Waals surface area contributed by atoms with Crippen LogP contribution in [0.1, 0.15) is 16.1 Å². The number of hydrazine groups is 1. The standard InChI is InChI=1S/C19H17FN4O4S2/c1-21-30(27,28)16-8-4-12(5-9-16)18(26)24-23-17(25)10-15-11-29-19(22-15)13-2-6-14(20)7-3-13/h2-9,11,21H,10H2,1H3,(H,23,25)(H,24,26). The summed E-state index contributed by atoms with van der Waals surface area (Å²) in [5, 5.41) is 2.36. The van der Waals surface area contributed by atoms with Crippen molar-refractivity contribution in [1.29, 1.82) is 0 Å². The summed E-state index contributed by atoms with van der Waals surface area (Å²) >= 11 is 1.32. The molecule has 0 fully saturated rings. The molecular formula is C19H17FN4O4S2. The van der Waals surface area contributed by atoms with Crippen molar-refractivity contribution in [3.63, 3.8) is 0 Å². The van der Waals surface area contributed by atoms with Crippen molar-refractivity contribution in [2.45, 2.75) is 11.3 Å². The second-order valence-corrected chi connectivity index (χ2v) is 8.81. The summed E-state index contributed by atoms with van der Waals surface area (Å²) in [7, 11) is -2.31. The normalized spacial score (nSPS) is 11.1. The van der Waals surface area contributed by atoms with Gasteiger partial charge in [0, 0.05) is 16.5 Å². The second kappa shape index (κ2) is 9.11. The zero-order chi connectivity index (χ0) is 21.7. The minimum Gasteiger partial charge on any atom is -0.273 e. The van der Waals surface area contributed by atoms with E-state index in [1.165, 1.54) is 54.8 Å². The molecule has 3 aromatic rings. The van der Waals surface area contributed by atoms with Crippen LogP contribution in [0.5, 0.6) is 0 Å². The van der Waals surface area contributed by atoms with E-state index in [0.717, 1.165) is 5.56 Å². The number of nitrogens with zero attached hydrogens (tertiary/aromatic N) is 1. The van der Waals surface area contributed by atoms with E-state index in [9.17, 15) is 22.4 Å². The van der Waals surface area contributed by atoms with E-state index >= 15 is 0 Å².